The molecule has 0 amide bonds. The Kier molecular flexibility index (Phi) is 4.14. The fraction of sp³-hybridized carbons (Fsp3) is 0.538. The van der Waals surface area contributed by atoms with Gasteiger partial charge in [-0.25, -0.2) is 4.98 Å². The molecule has 0 bridgehead atoms. The maximum atomic E-state index is 5.77. The molecule has 1 aromatic rings. The smallest absolute Gasteiger partial charge is 0.136 e. The van der Waals surface area contributed by atoms with Crippen molar-refractivity contribution in [2.45, 2.75) is 38.8 Å². The van der Waals surface area contributed by atoms with Crippen LogP contribution in [0.3, 0.4) is 0 Å². The molecular weight excluding hydrogens is 246 g/mol. The molecule has 1 fully saturated rings. The molecule has 98 valence electrons. The van der Waals surface area contributed by atoms with Gasteiger partial charge in [0.05, 0.1) is 11.7 Å². The van der Waals surface area contributed by atoms with E-state index in [0.29, 0.717) is 11.0 Å². The van der Waals surface area contributed by atoms with Crippen molar-refractivity contribution in [2.75, 3.05) is 11.9 Å². The summed E-state index contributed by atoms with van der Waals surface area (Å²) in [5.41, 5.74) is 7.68. The molecule has 5 heteroatoms. The second kappa shape index (κ2) is 5.63. The summed E-state index contributed by atoms with van der Waals surface area (Å²) in [4.78, 5) is 4.75. The van der Waals surface area contributed by atoms with Gasteiger partial charge in [0.1, 0.15) is 10.8 Å². The van der Waals surface area contributed by atoms with E-state index in [1.54, 1.807) is 6.20 Å². The van der Waals surface area contributed by atoms with Gasteiger partial charge in [0.15, 0.2) is 0 Å². The minimum absolute atomic E-state index is 0.286. The summed E-state index contributed by atoms with van der Waals surface area (Å²) < 4.78 is 5.54. The summed E-state index contributed by atoms with van der Waals surface area (Å²) >= 11 is 5.10. The van der Waals surface area contributed by atoms with E-state index in [9.17, 15) is 0 Å². The maximum Gasteiger partial charge on any atom is 0.136 e. The quantitative estimate of drug-likeness (QED) is 0.819. The largest absolute Gasteiger partial charge is 0.389 e. The van der Waals surface area contributed by atoms with Crippen LogP contribution in [0.1, 0.15) is 30.9 Å². The predicted molar refractivity (Wildman–Crippen MR) is 76.9 cm³/mol. The van der Waals surface area contributed by atoms with E-state index >= 15 is 0 Å². The highest BCUT2D eigenvalue weighted by atomic mass is 32.1. The maximum absolute atomic E-state index is 5.77. The van der Waals surface area contributed by atoms with Gasteiger partial charge in [-0.2, -0.15) is 0 Å². The van der Waals surface area contributed by atoms with Gasteiger partial charge in [0.25, 0.3) is 0 Å². The fourth-order valence-electron chi connectivity index (χ4n) is 2.30. The second-order valence-electron chi connectivity index (χ2n) is 4.76. The third-order valence-electron chi connectivity index (χ3n) is 3.23. The molecule has 1 aliphatic rings. The summed E-state index contributed by atoms with van der Waals surface area (Å²) in [5, 5.41) is 3.44. The number of hydrogen-bond acceptors (Lipinski definition) is 4. The van der Waals surface area contributed by atoms with E-state index in [1.165, 1.54) is 0 Å². The SMILES string of the molecule is Cc1ccnc(NC2CCOC(C)C2)c1C(N)=S. The van der Waals surface area contributed by atoms with Crippen LogP contribution in [0.5, 0.6) is 0 Å². The minimum atomic E-state index is 0.286. The first-order chi connectivity index (χ1) is 8.58. The lowest BCUT2D eigenvalue weighted by Gasteiger charge is -2.29. The Balaban J connectivity index is 2.18. The van der Waals surface area contributed by atoms with Crippen LogP contribution in [0.2, 0.25) is 0 Å². The summed E-state index contributed by atoms with van der Waals surface area (Å²) in [6.07, 6.45) is 4.03. The average molecular weight is 265 g/mol. The minimum Gasteiger partial charge on any atom is -0.389 e. The van der Waals surface area contributed by atoms with Crippen molar-refractivity contribution in [2.24, 2.45) is 5.73 Å². The van der Waals surface area contributed by atoms with Gasteiger partial charge in [-0.15, -0.1) is 0 Å². The fourth-order valence-corrected chi connectivity index (χ4v) is 2.56. The van der Waals surface area contributed by atoms with Gasteiger partial charge < -0.3 is 15.8 Å². The molecule has 4 nitrogen and oxygen atoms in total. The molecule has 0 radical (unpaired) electrons. The summed E-state index contributed by atoms with van der Waals surface area (Å²) in [6.45, 7) is 4.87. The molecule has 1 aromatic heterocycles. The number of aryl methyl sites for hydroxylation is 1. The average Bonchev–Trinajstić information content (AvgIpc) is 2.28. The molecule has 2 heterocycles. The van der Waals surface area contributed by atoms with Gasteiger partial charge in [0.2, 0.25) is 0 Å². The van der Waals surface area contributed by atoms with Crippen LogP contribution in [0.15, 0.2) is 12.3 Å². The molecule has 0 aromatic carbocycles. The highest BCUT2D eigenvalue weighted by molar-refractivity contribution is 7.80. The van der Waals surface area contributed by atoms with Crippen molar-refractivity contribution in [3.63, 3.8) is 0 Å². The number of rotatable bonds is 3. The molecule has 18 heavy (non-hydrogen) atoms. The lowest BCUT2D eigenvalue weighted by molar-refractivity contribution is 0.0232. The Morgan fingerprint density at radius 3 is 3.06 bits per heavy atom. The van der Waals surface area contributed by atoms with E-state index in [0.717, 1.165) is 36.4 Å². The van der Waals surface area contributed by atoms with Crippen molar-refractivity contribution in [1.82, 2.24) is 4.98 Å². The molecule has 3 N–H and O–H groups in total. The predicted octanol–water partition coefficient (Wildman–Crippen LogP) is 2.00. The number of ether oxygens (including phenoxy) is 1. The number of thiocarbonyl (C=S) groups is 1. The van der Waals surface area contributed by atoms with Crippen molar-refractivity contribution in [3.8, 4) is 0 Å². The first kappa shape index (κ1) is 13.2. The van der Waals surface area contributed by atoms with Crippen LogP contribution >= 0.6 is 12.2 Å². The van der Waals surface area contributed by atoms with Crippen LogP contribution in [-0.2, 0) is 4.74 Å². The number of pyridine rings is 1. The van der Waals surface area contributed by atoms with Gasteiger partial charge in [-0.3, -0.25) is 0 Å². The van der Waals surface area contributed by atoms with Crippen LogP contribution in [0.4, 0.5) is 5.82 Å². The van der Waals surface area contributed by atoms with Crippen LogP contribution in [0, 0.1) is 6.92 Å². The van der Waals surface area contributed by atoms with E-state index in [-0.39, 0.29) is 6.10 Å². The summed E-state index contributed by atoms with van der Waals surface area (Å²) in [5.74, 6) is 0.793. The zero-order chi connectivity index (χ0) is 13.1. The highest BCUT2D eigenvalue weighted by Crippen LogP contribution is 2.21. The van der Waals surface area contributed by atoms with Crippen LogP contribution in [0.25, 0.3) is 0 Å². The Morgan fingerprint density at radius 1 is 1.61 bits per heavy atom. The molecule has 0 aliphatic carbocycles. The number of nitrogens with two attached hydrogens (primary N) is 1. The Hall–Kier alpha value is -1.20. The van der Waals surface area contributed by atoms with E-state index in [1.807, 2.05) is 13.0 Å². The van der Waals surface area contributed by atoms with Crippen LogP contribution in [-0.4, -0.2) is 28.7 Å². The number of aromatic nitrogens is 1. The highest BCUT2D eigenvalue weighted by Gasteiger charge is 2.21. The molecule has 0 saturated carbocycles. The third-order valence-corrected chi connectivity index (χ3v) is 3.44. The third kappa shape index (κ3) is 2.97. The normalized spacial score (nSPS) is 23.7. The summed E-state index contributed by atoms with van der Waals surface area (Å²) in [7, 11) is 0. The van der Waals surface area contributed by atoms with Gasteiger partial charge in [-0.1, -0.05) is 12.2 Å². The number of nitrogens with zero attached hydrogens (tertiary/aromatic N) is 1. The Labute approximate surface area is 113 Å². The van der Waals surface area contributed by atoms with E-state index in [2.05, 4.69) is 17.2 Å². The second-order valence-corrected chi connectivity index (χ2v) is 5.20. The zero-order valence-corrected chi connectivity index (χ0v) is 11.6. The number of hydrogen-bond donors (Lipinski definition) is 2. The topological polar surface area (TPSA) is 60.2 Å². The molecular formula is C13H19N3OS. The molecule has 2 rings (SSSR count). The Morgan fingerprint density at radius 2 is 2.39 bits per heavy atom. The van der Waals surface area contributed by atoms with Crippen molar-refractivity contribution >= 4 is 23.0 Å². The lowest BCUT2D eigenvalue weighted by Crippen LogP contribution is -2.33. The van der Waals surface area contributed by atoms with Crippen molar-refractivity contribution < 1.29 is 4.74 Å². The van der Waals surface area contributed by atoms with E-state index in [4.69, 9.17) is 22.7 Å². The van der Waals surface area contributed by atoms with Gasteiger partial charge in [0, 0.05) is 18.8 Å². The first-order valence-corrected chi connectivity index (χ1v) is 6.62. The zero-order valence-electron chi connectivity index (χ0n) is 10.8. The molecule has 0 spiro atoms. The standard InChI is InChI=1S/C13H19N3OS/c1-8-3-5-15-13(11(8)12(14)18)16-10-4-6-17-9(2)7-10/h3,5,9-10H,4,6-7H2,1-2H3,(H2,14,18)(H,15,16). The molecule has 1 aliphatic heterocycles. The number of nitrogens with one attached hydrogen (secondary N) is 1. The Bertz CT molecular complexity index is 450. The summed E-state index contributed by atoms with van der Waals surface area (Å²) in [6, 6.07) is 2.29. The van der Waals surface area contributed by atoms with E-state index < -0.39 is 0 Å². The number of anilines is 1. The molecule has 1 saturated heterocycles. The van der Waals surface area contributed by atoms with Crippen LogP contribution < -0.4 is 11.1 Å². The monoisotopic (exact) mass is 265 g/mol. The lowest BCUT2D eigenvalue weighted by atomic mass is 10.0. The first-order valence-electron chi connectivity index (χ1n) is 6.21. The van der Waals surface area contributed by atoms with Crippen molar-refractivity contribution in [1.29, 1.82) is 0 Å². The molecule has 2 unspecified atom stereocenters. The molecule has 2 atom stereocenters. The van der Waals surface area contributed by atoms with Gasteiger partial charge in [-0.05, 0) is 38.3 Å². The van der Waals surface area contributed by atoms with Gasteiger partial charge >= 0.3 is 0 Å². The van der Waals surface area contributed by atoms with Crippen molar-refractivity contribution in [3.05, 3.63) is 23.4 Å².